The first-order valence-corrected chi connectivity index (χ1v) is 9.55. The number of likely N-dealkylation sites (N-methyl/N-ethyl adjacent to an activating group) is 1. The highest BCUT2D eigenvalue weighted by atomic mass is 35.5. The van der Waals surface area contributed by atoms with Crippen LogP contribution in [-0.2, 0) is 0 Å². The van der Waals surface area contributed by atoms with Crippen LogP contribution in [0, 0.1) is 12.7 Å². The second-order valence-electron chi connectivity index (χ2n) is 7.07. The van der Waals surface area contributed by atoms with Crippen molar-refractivity contribution < 1.29 is 9.18 Å². The molecule has 2 aromatic rings. The summed E-state index contributed by atoms with van der Waals surface area (Å²) in [7, 11) is 2.11. The zero-order chi connectivity index (χ0) is 19.4. The van der Waals surface area contributed by atoms with E-state index in [0.29, 0.717) is 6.54 Å². The smallest absolute Gasteiger partial charge is 0.255 e. The third-order valence-corrected chi connectivity index (χ3v) is 5.40. The van der Waals surface area contributed by atoms with E-state index in [0.717, 1.165) is 31.7 Å². The lowest BCUT2D eigenvalue weighted by molar-refractivity contribution is 0.0883. The summed E-state index contributed by atoms with van der Waals surface area (Å²) in [6.07, 6.45) is 0. The van der Waals surface area contributed by atoms with Gasteiger partial charge < -0.3 is 10.2 Å². The summed E-state index contributed by atoms with van der Waals surface area (Å²) >= 11 is 6.02. The van der Waals surface area contributed by atoms with Gasteiger partial charge >= 0.3 is 0 Å². The molecule has 0 aromatic heterocycles. The molecule has 3 rings (SSSR count). The van der Waals surface area contributed by atoms with Gasteiger partial charge in [-0.2, -0.15) is 0 Å². The molecule has 1 heterocycles. The molecule has 1 aliphatic rings. The van der Waals surface area contributed by atoms with E-state index < -0.39 is 11.7 Å². The number of carbonyl (C=O) groups is 1. The summed E-state index contributed by atoms with van der Waals surface area (Å²) in [5.74, 6) is -1.09. The number of nitrogens with one attached hydrogen (secondary N) is 1. The maximum Gasteiger partial charge on any atom is 0.255 e. The zero-order valence-electron chi connectivity index (χ0n) is 15.7. The minimum Gasteiger partial charge on any atom is -0.350 e. The zero-order valence-corrected chi connectivity index (χ0v) is 16.5. The molecule has 0 aliphatic carbocycles. The van der Waals surface area contributed by atoms with Gasteiger partial charge in [0.2, 0.25) is 0 Å². The standard InChI is InChI=1S/C21H25ClFN3O/c1-15-6-8-16(9-7-15)19(26-12-10-25(2)11-13-26)14-24-21(27)20-17(22)4-3-5-18(20)23/h3-9,19H,10-14H2,1-2H3,(H,24,27)/t19-/m1/s1. The molecule has 4 nitrogen and oxygen atoms in total. The van der Waals surface area contributed by atoms with Crippen molar-refractivity contribution in [2.24, 2.45) is 0 Å². The van der Waals surface area contributed by atoms with Crippen molar-refractivity contribution in [2.75, 3.05) is 39.8 Å². The van der Waals surface area contributed by atoms with E-state index in [1.165, 1.54) is 23.8 Å². The predicted octanol–water partition coefficient (Wildman–Crippen LogP) is 3.51. The fraction of sp³-hybridized carbons (Fsp3) is 0.381. The molecule has 1 saturated heterocycles. The van der Waals surface area contributed by atoms with Crippen molar-refractivity contribution in [3.05, 3.63) is 70.0 Å². The van der Waals surface area contributed by atoms with Crippen LogP contribution in [-0.4, -0.2) is 55.5 Å². The largest absolute Gasteiger partial charge is 0.350 e. The lowest BCUT2D eigenvalue weighted by atomic mass is 10.0. The molecule has 0 saturated carbocycles. The fourth-order valence-electron chi connectivity index (χ4n) is 3.37. The monoisotopic (exact) mass is 389 g/mol. The Hall–Kier alpha value is -1.95. The number of halogens is 2. The van der Waals surface area contributed by atoms with E-state index in [9.17, 15) is 9.18 Å². The van der Waals surface area contributed by atoms with Gasteiger partial charge in [0, 0.05) is 32.7 Å². The molecule has 0 unspecified atom stereocenters. The van der Waals surface area contributed by atoms with Gasteiger partial charge in [0.15, 0.2) is 0 Å². The Balaban J connectivity index is 1.77. The summed E-state index contributed by atoms with van der Waals surface area (Å²) in [5.41, 5.74) is 2.24. The Morgan fingerprint density at radius 3 is 2.44 bits per heavy atom. The molecular formula is C21H25ClFN3O. The maximum absolute atomic E-state index is 14.0. The lowest BCUT2D eigenvalue weighted by Gasteiger charge is -2.38. The van der Waals surface area contributed by atoms with Crippen LogP contribution in [0.4, 0.5) is 4.39 Å². The second-order valence-corrected chi connectivity index (χ2v) is 7.48. The van der Waals surface area contributed by atoms with Crippen LogP contribution in [0.2, 0.25) is 5.02 Å². The first-order valence-electron chi connectivity index (χ1n) is 9.17. The van der Waals surface area contributed by atoms with Crippen molar-refractivity contribution in [1.29, 1.82) is 0 Å². The minimum atomic E-state index is -0.605. The van der Waals surface area contributed by atoms with E-state index in [4.69, 9.17) is 11.6 Å². The SMILES string of the molecule is Cc1ccc([C@@H](CNC(=O)c2c(F)cccc2Cl)N2CCN(C)CC2)cc1. The van der Waals surface area contributed by atoms with Gasteiger partial charge in [0.1, 0.15) is 5.82 Å². The highest BCUT2D eigenvalue weighted by Gasteiger charge is 2.25. The number of carbonyl (C=O) groups excluding carboxylic acids is 1. The average Bonchev–Trinajstić information content (AvgIpc) is 2.64. The van der Waals surface area contributed by atoms with Crippen LogP contribution in [0.15, 0.2) is 42.5 Å². The van der Waals surface area contributed by atoms with Crippen LogP contribution < -0.4 is 5.32 Å². The number of hydrogen-bond acceptors (Lipinski definition) is 3. The second kappa shape index (κ2) is 8.83. The van der Waals surface area contributed by atoms with Crippen molar-refractivity contribution in [2.45, 2.75) is 13.0 Å². The summed E-state index contributed by atoms with van der Waals surface area (Å²) in [6, 6.07) is 12.7. The Kier molecular flexibility index (Phi) is 6.47. The van der Waals surface area contributed by atoms with E-state index in [1.807, 2.05) is 0 Å². The van der Waals surface area contributed by atoms with Crippen LogP contribution in [0.3, 0.4) is 0 Å². The van der Waals surface area contributed by atoms with E-state index in [1.54, 1.807) is 0 Å². The third-order valence-electron chi connectivity index (χ3n) is 5.09. The Morgan fingerprint density at radius 1 is 1.15 bits per heavy atom. The van der Waals surface area contributed by atoms with Gasteiger partial charge in [-0.15, -0.1) is 0 Å². The van der Waals surface area contributed by atoms with E-state index in [2.05, 4.69) is 53.4 Å². The molecular weight excluding hydrogens is 365 g/mol. The quantitative estimate of drug-likeness (QED) is 0.850. The molecule has 27 heavy (non-hydrogen) atoms. The first-order chi connectivity index (χ1) is 13.0. The molecule has 0 bridgehead atoms. The number of amides is 1. The van der Waals surface area contributed by atoms with Gasteiger partial charge in [0.25, 0.3) is 5.91 Å². The van der Waals surface area contributed by atoms with Gasteiger partial charge in [-0.05, 0) is 31.7 Å². The van der Waals surface area contributed by atoms with Crippen molar-refractivity contribution >= 4 is 17.5 Å². The summed E-state index contributed by atoms with van der Waals surface area (Å²) in [5, 5.41) is 3.01. The molecule has 1 atom stereocenters. The first kappa shape index (κ1) is 19.8. The van der Waals surface area contributed by atoms with Crippen molar-refractivity contribution in [3.8, 4) is 0 Å². The summed E-state index contributed by atoms with van der Waals surface area (Å²) < 4.78 is 14.0. The van der Waals surface area contributed by atoms with Gasteiger partial charge in [0.05, 0.1) is 16.6 Å². The molecule has 144 valence electrons. The van der Waals surface area contributed by atoms with Gasteiger partial charge in [-0.3, -0.25) is 9.69 Å². The van der Waals surface area contributed by atoms with Gasteiger partial charge in [-0.25, -0.2) is 4.39 Å². The third kappa shape index (κ3) is 4.86. The van der Waals surface area contributed by atoms with Crippen LogP contribution >= 0.6 is 11.6 Å². The number of rotatable bonds is 5. The van der Waals surface area contributed by atoms with Crippen LogP contribution in [0.5, 0.6) is 0 Å². The Bertz CT molecular complexity index is 768. The summed E-state index contributed by atoms with van der Waals surface area (Å²) in [4.78, 5) is 17.2. The van der Waals surface area contributed by atoms with Crippen molar-refractivity contribution in [3.63, 3.8) is 0 Å². The summed E-state index contributed by atoms with van der Waals surface area (Å²) in [6.45, 7) is 6.26. The number of aryl methyl sites for hydroxylation is 1. The number of benzene rings is 2. The Morgan fingerprint density at radius 2 is 1.81 bits per heavy atom. The molecule has 1 fully saturated rings. The molecule has 1 aliphatic heterocycles. The topological polar surface area (TPSA) is 35.6 Å². The number of nitrogens with zero attached hydrogens (tertiary/aromatic N) is 2. The van der Waals surface area contributed by atoms with E-state index >= 15 is 0 Å². The van der Waals surface area contributed by atoms with Crippen LogP contribution in [0.1, 0.15) is 27.5 Å². The highest BCUT2D eigenvalue weighted by Crippen LogP contribution is 2.23. The number of piperazine rings is 1. The van der Waals surface area contributed by atoms with Gasteiger partial charge in [-0.1, -0.05) is 47.5 Å². The Labute approximate surface area is 164 Å². The predicted molar refractivity (Wildman–Crippen MR) is 107 cm³/mol. The van der Waals surface area contributed by atoms with Crippen molar-refractivity contribution in [1.82, 2.24) is 15.1 Å². The molecule has 2 aromatic carbocycles. The molecule has 1 amide bonds. The molecule has 6 heteroatoms. The van der Waals surface area contributed by atoms with Crippen LogP contribution in [0.25, 0.3) is 0 Å². The normalized spacial score (nSPS) is 16.9. The minimum absolute atomic E-state index is 0.0359. The van der Waals surface area contributed by atoms with E-state index in [-0.39, 0.29) is 16.6 Å². The molecule has 0 spiro atoms. The molecule has 1 N–H and O–H groups in total. The fourth-order valence-corrected chi connectivity index (χ4v) is 3.62. The lowest BCUT2D eigenvalue weighted by Crippen LogP contribution is -2.48. The maximum atomic E-state index is 14.0. The average molecular weight is 390 g/mol. The number of hydrogen-bond donors (Lipinski definition) is 1. The molecule has 0 radical (unpaired) electrons. The highest BCUT2D eigenvalue weighted by molar-refractivity contribution is 6.33.